The molecule has 0 radical (unpaired) electrons. The Bertz CT molecular complexity index is 931. The molecule has 0 saturated heterocycles. The Balaban J connectivity index is 1.83. The molecule has 0 bridgehead atoms. The van der Waals surface area contributed by atoms with E-state index in [2.05, 4.69) is 93.4 Å². The number of aromatic nitrogens is 1. The first-order chi connectivity index (χ1) is 10.3. The fraction of sp³-hybridized carbons (Fsp3) is 0.0526. The van der Waals surface area contributed by atoms with Crippen molar-refractivity contribution in [1.29, 1.82) is 0 Å². The second-order valence-electron chi connectivity index (χ2n) is 5.29. The van der Waals surface area contributed by atoms with Gasteiger partial charge in [0.2, 0.25) is 0 Å². The number of halogens is 1. The van der Waals surface area contributed by atoms with Crippen LogP contribution in [0.15, 0.2) is 77.4 Å². The van der Waals surface area contributed by atoms with Gasteiger partial charge in [-0.1, -0.05) is 58.4 Å². The van der Waals surface area contributed by atoms with Gasteiger partial charge in [0.25, 0.3) is 0 Å². The maximum Gasteiger partial charge on any atom is 0.0484 e. The third-order valence-corrected chi connectivity index (χ3v) is 4.45. The minimum Gasteiger partial charge on any atom is -0.343 e. The molecule has 21 heavy (non-hydrogen) atoms. The average Bonchev–Trinajstić information content (AvgIpc) is 2.90. The Morgan fingerprint density at radius 3 is 2.62 bits per heavy atom. The van der Waals surface area contributed by atoms with Crippen molar-refractivity contribution in [3.05, 3.63) is 83.0 Å². The fourth-order valence-electron chi connectivity index (χ4n) is 2.92. The molecule has 0 spiro atoms. The summed E-state index contributed by atoms with van der Waals surface area (Å²) in [5, 5.41) is 3.90. The van der Waals surface area contributed by atoms with E-state index in [9.17, 15) is 0 Å². The Hall–Kier alpha value is -2.06. The number of hydrogen-bond donors (Lipinski definition) is 0. The third kappa shape index (κ3) is 2.26. The molecule has 4 rings (SSSR count). The minimum absolute atomic E-state index is 0.895. The molecule has 0 unspecified atom stereocenters. The molecule has 1 nitrogen and oxygen atoms in total. The lowest BCUT2D eigenvalue weighted by Gasteiger charge is -2.09. The molecule has 1 aromatic heterocycles. The Morgan fingerprint density at radius 2 is 1.67 bits per heavy atom. The lowest BCUT2D eigenvalue weighted by molar-refractivity contribution is 0.843. The van der Waals surface area contributed by atoms with E-state index in [1.807, 2.05) is 0 Å². The van der Waals surface area contributed by atoms with Gasteiger partial charge in [-0.05, 0) is 40.6 Å². The van der Waals surface area contributed by atoms with Crippen LogP contribution < -0.4 is 0 Å². The van der Waals surface area contributed by atoms with Crippen LogP contribution in [0.4, 0.5) is 0 Å². The average molecular weight is 336 g/mol. The lowest BCUT2D eigenvalue weighted by Crippen LogP contribution is -1.98. The van der Waals surface area contributed by atoms with Gasteiger partial charge < -0.3 is 4.57 Å². The van der Waals surface area contributed by atoms with Gasteiger partial charge in [0.05, 0.1) is 0 Å². The minimum atomic E-state index is 0.895. The summed E-state index contributed by atoms with van der Waals surface area (Å²) < 4.78 is 3.43. The van der Waals surface area contributed by atoms with E-state index in [1.165, 1.54) is 27.2 Å². The zero-order valence-electron chi connectivity index (χ0n) is 11.5. The SMILES string of the molecule is Brc1ccc2c(ccn2Cc2cccc3ccccc23)c1. The molecule has 102 valence electrons. The predicted molar refractivity (Wildman–Crippen MR) is 92.7 cm³/mol. The standard InChI is InChI=1S/C19H14BrN/c20-17-8-9-19-15(12-17)10-11-21(19)13-16-6-3-5-14-4-1-2-7-18(14)16/h1-12H,13H2. The first-order valence-electron chi connectivity index (χ1n) is 7.02. The quantitative estimate of drug-likeness (QED) is 0.449. The van der Waals surface area contributed by atoms with Crippen molar-refractivity contribution in [1.82, 2.24) is 4.57 Å². The smallest absolute Gasteiger partial charge is 0.0484 e. The zero-order chi connectivity index (χ0) is 14.2. The van der Waals surface area contributed by atoms with Crippen LogP contribution in [0.3, 0.4) is 0 Å². The van der Waals surface area contributed by atoms with Crippen LogP contribution in [0.25, 0.3) is 21.7 Å². The van der Waals surface area contributed by atoms with Gasteiger partial charge in [-0.15, -0.1) is 0 Å². The normalized spacial score (nSPS) is 11.3. The van der Waals surface area contributed by atoms with Gasteiger partial charge in [-0.2, -0.15) is 0 Å². The van der Waals surface area contributed by atoms with Crippen molar-refractivity contribution in [3.63, 3.8) is 0 Å². The van der Waals surface area contributed by atoms with E-state index >= 15 is 0 Å². The summed E-state index contributed by atoms with van der Waals surface area (Å²) in [6, 6.07) is 23.7. The van der Waals surface area contributed by atoms with Crippen LogP contribution >= 0.6 is 15.9 Å². The number of rotatable bonds is 2. The van der Waals surface area contributed by atoms with Crippen LogP contribution in [0, 0.1) is 0 Å². The van der Waals surface area contributed by atoms with Crippen LogP contribution in [0.2, 0.25) is 0 Å². The molecule has 0 atom stereocenters. The van der Waals surface area contributed by atoms with Gasteiger partial charge in [0, 0.05) is 28.1 Å². The summed E-state index contributed by atoms with van der Waals surface area (Å²) in [5.74, 6) is 0. The van der Waals surface area contributed by atoms with E-state index in [-0.39, 0.29) is 0 Å². The number of fused-ring (bicyclic) bond motifs is 2. The molecule has 0 fully saturated rings. The van der Waals surface area contributed by atoms with Gasteiger partial charge in [0.1, 0.15) is 0 Å². The summed E-state index contributed by atoms with van der Waals surface area (Å²) >= 11 is 3.53. The zero-order valence-corrected chi connectivity index (χ0v) is 13.0. The summed E-state index contributed by atoms with van der Waals surface area (Å²) in [5.41, 5.74) is 2.62. The van der Waals surface area contributed by atoms with Crippen LogP contribution in [0.1, 0.15) is 5.56 Å². The van der Waals surface area contributed by atoms with Gasteiger partial charge in [-0.3, -0.25) is 0 Å². The highest BCUT2D eigenvalue weighted by molar-refractivity contribution is 9.10. The van der Waals surface area contributed by atoms with E-state index in [1.54, 1.807) is 0 Å². The molecule has 3 aromatic carbocycles. The summed E-state index contributed by atoms with van der Waals surface area (Å²) in [4.78, 5) is 0. The molecule has 2 heteroatoms. The van der Waals surface area contributed by atoms with E-state index in [4.69, 9.17) is 0 Å². The second kappa shape index (κ2) is 5.05. The van der Waals surface area contributed by atoms with Crippen molar-refractivity contribution >= 4 is 37.6 Å². The largest absolute Gasteiger partial charge is 0.343 e. The van der Waals surface area contributed by atoms with Crippen LogP contribution in [-0.2, 0) is 6.54 Å². The van der Waals surface area contributed by atoms with Crippen LogP contribution in [-0.4, -0.2) is 4.57 Å². The molecule has 0 aliphatic heterocycles. The Morgan fingerprint density at radius 1 is 0.810 bits per heavy atom. The molecular formula is C19H14BrN. The topological polar surface area (TPSA) is 4.93 Å². The molecule has 0 N–H and O–H groups in total. The molecule has 1 heterocycles. The predicted octanol–water partition coefficient (Wildman–Crippen LogP) is 5.61. The maximum atomic E-state index is 3.53. The monoisotopic (exact) mass is 335 g/mol. The first-order valence-corrected chi connectivity index (χ1v) is 7.81. The lowest BCUT2D eigenvalue weighted by atomic mass is 10.0. The van der Waals surface area contributed by atoms with Gasteiger partial charge >= 0.3 is 0 Å². The van der Waals surface area contributed by atoms with Gasteiger partial charge in [0.15, 0.2) is 0 Å². The molecule has 0 aliphatic rings. The molecule has 0 amide bonds. The van der Waals surface area contributed by atoms with Crippen molar-refractivity contribution in [3.8, 4) is 0 Å². The highest BCUT2D eigenvalue weighted by Gasteiger charge is 2.05. The maximum absolute atomic E-state index is 3.53. The summed E-state index contributed by atoms with van der Waals surface area (Å²) in [6.45, 7) is 0.895. The van der Waals surface area contributed by atoms with E-state index < -0.39 is 0 Å². The van der Waals surface area contributed by atoms with Crippen molar-refractivity contribution in [2.45, 2.75) is 6.54 Å². The highest BCUT2D eigenvalue weighted by Crippen LogP contribution is 2.24. The van der Waals surface area contributed by atoms with Crippen molar-refractivity contribution < 1.29 is 0 Å². The summed E-state index contributed by atoms with van der Waals surface area (Å²) in [7, 11) is 0. The second-order valence-corrected chi connectivity index (χ2v) is 6.20. The van der Waals surface area contributed by atoms with Crippen LogP contribution in [0.5, 0.6) is 0 Å². The molecule has 0 saturated carbocycles. The van der Waals surface area contributed by atoms with E-state index in [0.717, 1.165) is 11.0 Å². The van der Waals surface area contributed by atoms with Crippen molar-refractivity contribution in [2.24, 2.45) is 0 Å². The number of hydrogen-bond acceptors (Lipinski definition) is 0. The summed E-state index contributed by atoms with van der Waals surface area (Å²) in [6.07, 6.45) is 2.17. The van der Waals surface area contributed by atoms with Gasteiger partial charge in [-0.25, -0.2) is 0 Å². The fourth-order valence-corrected chi connectivity index (χ4v) is 3.30. The Labute approximate surface area is 132 Å². The first kappa shape index (κ1) is 12.7. The molecular weight excluding hydrogens is 322 g/mol. The highest BCUT2D eigenvalue weighted by atomic mass is 79.9. The Kier molecular flexibility index (Phi) is 3.04. The number of benzene rings is 3. The molecule has 4 aromatic rings. The number of nitrogens with zero attached hydrogens (tertiary/aromatic N) is 1. The van der Waals surface area contributed by atoms with Crippen molar-refractivity contribution in [2.75, 3.05) is 0 Å². The third-order valence-electron chi connectivity index (χ3n) is 3.95. The molecule has 0 aliphatic carbocycles. The van der Waals surface area contributed by atoms with E-state index in [0.29, 0.717) is 0 Å².